The second-order valence-corrected chi connectivity index (χ2v) is 6.32. The van der Waals surface area contributed by atoms with Gasteiger partial charge in [-0.3, -0.25) is 0 Å². The van der Waals surface area contributed by atoms with Gasteiger partial charge in [0.15, 0.2) is 6.80 Å². The summed E-state index contributed by atoms with van der Waals surface area (Å²) in [5.74, 6) is 0. The maximum atomic E-state index is 12.9. The zero-order valence-electron chi connectivity index (χ0n) is 9.64. The highest BCUT2D eigenvalue weighted by atomic mass is 32.2. The van der Waals surface area contributed by atoms with Crippen LogP contribution in [0, 0.1) is 0 Å². The second kappa shape index (κ2) is 4.51. The summed E-state index contributed by atoms with van der Waals surface area (Å²) >= 11 is 0. The number of halogens is 1. The minimum atomic E-state index is -3.75. The first-order valence-corrected chi connectivity index (χ1v) is 6.38. The fourth-order valence-electron chi connectivity index (χ4n) is 1.32. The standard InChI is InChI=1S/C11H16FNO2S/c1-11(2,3)13(9-12)16(14,15)10-7-5-4-6-8-10/h4-8H,9H2,1-3H3. The summed E-state index contributed by atoms with van der Waals surface area (Å²) in [5, 5.41) is 0. The van der Waals surface area contributed by atoms with Crippen LogP contribution >= 0.6 is 0 Å². The van der Waals surface area contributed by atoms with Gasteiger partial charge in [-0.15, -0.1) is 0 Å². The zero-order valence-corrected chi connectivity index (χ0v) is 10.5. The van der Waals surface area contributed by atoms with Crippen LogP contribution in [0.25, 0.3) is 0 Å². The van der Waals surface area contributed by atoms with Crippen LogP contribution in [0.1, 0.15) is 20.8 Å². The Hall–Kier alpha value is -0.940. The van der Waals surface area contributed by atoms with Gasteiger partial charge < -0.3 is 0 Å². The van der Waals surface area contributed by atoms with Crippen LogP contribution in [0.5, 0.6) is 0 Å². The lowest BCUT2D eigenvalue weighted by molar-refractivity contribution is 0.181. The van der Waals surface area contributed by atoms with Crippen molar-refractivity contribution >= 4 is 10.0 Å². The minimum Gasteiger partial charge on any atom is -0.233 e. The highest BCUT2D eigenvalue weighted by Crippen LogP contribution is 2.23. The van der Waals surface area contributed by atoms with Crippen LogP contribution in [0.2, 0.25) is 0 Å². The molecule has 1 aromatic rings. The minimum absolute atomic E-state index is 0.113. The predicted octanol–water partition coefficient (Wildman–Crippen LogP) is 2.40. The maximum Gasteiger partial charge on any atom is 0.245 e. The number of sulfonamides is 1. The van der Waals surface area contributed by atoms with E-state index in [9.17, 15) is 12.8 Å². The Kier molecular flexibility index (Phi) is 3.70. The van der Waals surface area contributed by atoms with Crippen molar-refractivity contribution in [1.29, 1.82) is 0 Å². The van der Waals surface area contributed by atoms with E-state index in [4.69, 9.17) is 0 Å². The van der Waals surface area contributed by atoms with Gasteiger partial charge in [0.25, 0.3) is 0 Å². The first-order valence-electron chi connectivity index (χ1n) is 4.94. The quantitative estimate of drug-likeness (QED) is 0.767. The van der Waals surface area contributed by atoms with E-state index in [1.165, 1.54) is 12.1 Å². The van der Waals surface area contributed by atoms with Crippen LogP contribution in [0.3, 0.4) is 0 Å². The molecule has 0 atom stereocenters. The van der Waals surface area contributed by atoms with Crippen LogP contribution in [0.4, 0.5) is 4.39 Å². The fraction of sp³-hybridized carbons (Fsp3) is 0.455. The van der Waals surface area contributed by atoms with E-state index in [0.717, 1.165) is 4.31 Å². The van der Waals surface area contributed by atoms with Gasteiger partial charge in [0.1, 0.15) is 0 Å². The lowest BCUT2D eigenvalue weighted by Gasteiger charge is -2.31. The summed E-state index contributed by atoms with van der Waals surface area (Å²) in [4.78, 5) is 0.113. The maximum absolute atomic E-state index is 12.9. The second-order valence-electron chi connectivity index (χ2n) is 4.46. The lowest BCUT2D eigenvalue weighted by Crippen LogP contribution is -2.44. The van der Waals surface area contributed by atoms with E-state index in [-0.39, 0.29) is 4.90 Å². The van der Waals surface area contributed by atoms with Gasteiger partial charge in [0.05, 0.1) is 4.90 Å². The smallest absolute Gasteiger partial charge is 0.233 e. The number of alkyl halides is 1. The van der Waals surface area contributed by atoms with Gasteiger partial charge in [-0.2, -0.15) is 4.31 Å². The van der Waals surface area contributed by atoms with Crippen molar-refractivity contribution in [2.24, 2.45) is 0 Å². The molecular formula is C11H16FNO2S. The normalized spacial score (nSPS) is 13.1. The van der Waals surface area contributed by atoms with Crippen LogP contribution in [-0.2, 0) is 10.0 Å². The molecule has 0 spiro atoms. The van der Waals surface area contributed by atoms with Crippen molar-refractivity contribution in [3.63, 3.8) is 0 Å². The Morgan fingerprint density at radius 2 is 1.69 bits per heavy atom. The van der Waals surface area contributed by atoms with Crippen molar-refractivity contribution in [1.82, 2.24) is 4.31 Å². The number of nitrogens with zero attached hydrogens (tertiary/aromatic N) is 1. The predicted molar refractivity (Wildman–Crippen MR) is 61.2 cm³/mol. The fourth-order valence-corrected chi connectivity index (χ4v) is 2.93. The molecule has 0 aliphatic carbocycles. The van der Waals surface area contributed by atoms with Crippen molar-refractivity contribution in [2.75, 3.05) is 6.80 Å². The third-order valence-electron chi connectivity index (χ3n) is 2.19. The molecule has 0 aliphatic rings. The summed E-state index contributed by atoms with van der Waals surface area (Å²) in [6.45, 7) is 3.95. The van der Waals surface area contributed by atoms with E-state index in [0.29, 0.717) is 0 Å². The molecular weight excluding hydrogens is 229 g/mol. The average molecular weight is 245 g/mol. The van der Waals surface area contributed by atoms with Gasteiger partial charge in [0.2, 0.25) is 10.0 Å². The third-order valence-corrected chi connectivity index (χ3v) is 4.28. The number of hydrogen-bond donors (Lipinski definition) is 0. The van der Waals surface area contributed by atoms with Crippen LogP contribution in [0.15, 0.2) is 35.2 Å². The lowest BCUT2D eigenvalue weighted by atomic mass is 10.1. The molecule has 16 heavy (non-hydrogen) atoms. The highest BCUT2D eigenvalue weighted by molar-refractivity contribution is 7.89. The molecule has 0 saturated heterocycles. The van der Waals surface area contributed by atoms with E-state index >= 15 is 0 Å². The third kappa shape index (κ3) is 2.59. The Balaban J connectivity index is 3.21. The van der Waals surface area contributed by atoms with Crippen molar-refractivity contribution in [2.45, 2.75) is 31.2 Å². The molecule has 3 nitrogen and oxygen atoms in total. The Morgan fingerprint density at radius 3 is 2.06 bits per heavy atom. The first-order chi connectivity index (χ1) is 7.30. The van der Waals surface area contributed by atoms with Gasteiger partial charge >= 0.3 is 0 Å². The summed E-state index contributed by atoms with van der Waals surface area (Å²) in [6.07, 6.45) is 0. The summed E-state index contributed by atoms with van der Waals surface area (Å²) in [7, 11) is -3.75. The first kappa shape index (κ1) is 13.1. The van der Waals surface area contributed by atoms with Gasteiger partial charge in [-0.1, -0.05) is 18.2 Å². The van der Waals surface area contributed by atoms with Gasteiger partial charge in [0, 0.05) is 5.54 Å². The van der Waals surface area contributed by atoms with Crippen molar-refractivity contribution < 1.29 is 12.8 Å². The molecule has 0 aliphatic heterocycles. The largest absolute Gasteiger partial charge is 0.245 e. The van der Waals surface area contributed by atoms with E-state index in [2.05, 4.69) is 0 Å². The average Bonchev–Trinajstić information content (AvgIpc) is 2.17. The summed E-state index contributed by atoms with van der Waals surface area (Å²) in [5.41, 5.74) is -0.774. The van der Waals surface area contributed by atoms with E-state index in [1.807, 2.05) is 0 Å². The number of rotatable bonds is 3. The number of benzene rings is 1. The molecule has 0 aromatic heterocycles. The molecule has 0 fully saturated rings. The topological polar surface area (TPSA) is 37.4 Å². The molecule has 0 heterocycles. The SMILES string of the molecule is CC(C)(C)N(CF)S(=O)(=O)c1ccccc1. The Bertz CT molecular complexity index is 437. The monoisotopic (exact) mass is 245 g/mol. The van der Waals surface area contributed by atoms with Crippen LogP contribution in [-0.4, -0.2) is 25.1 Å². The molecule has 0 amide bonds. The molecule has 0 saturated carbocycles. The molecule has 0 unspecified atom stereocenters. The van der Waals surface area contributed by atoms with Crippen LogP contribution < -0.4 is 0 Å². The highest BCUT2D eigenvalue weighted by Gasteiger charge is 2.33. The number of hydrogen-bond acceptors (Lipinski definition) is 2. The molecule has 5 heteroatoms. The van der Waals surface area contributed by atoms with Gasteiger partial charge in [-0.25, -0.2) is 12.8 Å². The van der Waals surface area contributed by atoms with Crippen molar-refractivity contribution in [3.8, 4) is 0 Å². The Morgan fingerprint density at radius 1 is 1.19 bits per heavy atom. The molecule has 1 rings (SSSR count). The molecule has 90 valence electrons. The van der Waals surface area contributed by atoms with E-state index < -0.39 is 22.4 Å². The Labute approximate surface area is 95.9 Å². The zero-order chi connectivity index (χ0) is 12.4. The summed E-state index contributed by atoms with van der Waals surface area (Å²) in [6, 6.07) is 7.88. The molecule has 0 bridgehead atoms. The molecule has 0 N–H and O–H groups in total. The van der Waals surface area contributed by atoms with E-state index in [1.54, 1.807) is 39.0 Å². The van der Waals surface area contributed by atoms with Gasteiger partial charge in [-0.05, 0) is 32.9 Å². The molecule has 0 radical (unpaired) electrons. The summed E-state index contributed by atoms with van der Waals surface area (Å²) < 4.78 is 37.9. The van der Waals surface area contributed by atoms with Crippen molar-refractivity contribution in [3.05, 3.63) is 30.3 Å². The molecule has 1 aromatic carbocycles.